The van der Waals surface area contributed by atoms with Gasteiger partial charge in [0.05, 0.1) is 19.8 Å². The van der Waals surface area contributed by atoms with Gasteiger partial charge in [-0.1, -0.05) is 36.4 Å². The van der Waals surface area contributed by atoms with Gasteiger partial charge >= 0.3 is 0 Å². The number of likely N-dealkylation sites (tertiary alicyclic amines) is 1. The molecule has 4 rings (SSSR count). The van der Waals surface area contributed by atoms with Gasteiger partial charge in [0.2, 0.25) is 0 Å². The molecule has 0 radical (unpaired) electrons. The summed E-state index contributed by atoms with van der Waals surface area (Å²) >= 11 is 0. The van der Waals surface area contributed by atoms with Crippen LogP contribution in [0.1, 0.15) is 37.3 Å². The van der Waals surface area contributed by atoms with E-state index in [1.807, 2.05) is 12.3 Å². The topological polar surface area (TPSA) is 53.0 Å². The molecule has 0 bridgehead atoms. The molecule has 2 aliphatic rings. The standard InChI is InChI=1S/C25H35N5O/c1-2-26-25(28-17-22-10-11-24(27-16-22)29-13-6-7-14-29)30-15-12-23(18-30)20-31-19-21-8-4-3-5-9-21/h3-5,8-11,16,23H,2,6-7,12-15,17-20H2,1H3,(H,26,28). The lowest BCUT2D eigenvalue weighted by molar-refractivity contribution is 0.0906. The Morgan fingerprint density at radius 2 is 1.94 bits per heavy atom. The van der Waals surface area contributed by atoms with Gasteiger partial charge in [-0.15, -0.1) is 0 Å². The number of rotatable bonds is 8. The molecule has 0 saturated carbocycles. The minimum Gasteiger partial charge on any atom is -0.376 e. The number of aliphatic imine (C=N–C) groups is 1. The van der Waals surface area contributed by atoms with E-state index in [1.165, 1.54) is 18.4 Å². The maximum atomic E-state index is 5.98. The van der Waals surface area contributed by atoms with Crippen molar-refractivity contribution < 1.29 is 4.74 Å². The SMILES string of the molecule is CCNC(=NCc1ccc(N2CCCC2)nc1)N1CCC(COCc2ccccc2)C1. The van der Waals surface area contributed by atoms with Gasteiger partial charge in [-0.25, -0.2) is 9.98 Å². The Labute approximate surface area is 186 Å². The van der Waals surface area contributed by atoms with E-state index in [1.54, 1.807) is 0 Å². The third-order valence-electron chi connectivity index (χ3n) is 6.04. The van der Waals surface area contributed by atoms with Crippen LogP contribution in [0, 0.1) is 5.92 Å². The largest absolute Gasteiger partial charge is 0.376 e. The molecule has 1 aromatic heterocycles. The quantitative estimate of drug-likeness (QED) is 0.520. The third kappa shape index (κ3) is 6.20. The van der Waals surface area contributed by atoms with Crippen molar-refractivity contribution in [3.63, 3.8) is 0 Å². The highest BCUT2D eigenvalue weighted by molar-refractivity contribution is 5.80. The van der Waals surface area contributed by atoms with Crippen molar-refractivity contribution in [2.45, 2.75) is 39.3 Å². The van der Waals surface area contributed by atoms with Crippen LogP contribution in [0.25, 0.3) is 0 Å². The first-order chi connectivity index (χ1) is 15.3. The summed E-state index contributed by atoms with van der Waals surface area (Å²) in [7, 11) is 0. The van der Waals surface area contributed by atoms with Crippen LogP contribution in [0.15, 0.2) is 53.7 Å². The van der Waals surface area contributed by atoms with Crippen LogP contribution >= 0.6 is 0 Å². The molecule has 31 heavy (non-hydrogen) atoms. The summed E-state index contributed by atoms with van der Waals surface area (Å²) in [5.74, 6) is 2.64. The molecule has 2 fully saturated rings. The highest BCUT2D eigenvalue weighted by Gasteiger charge is 2.25. The van der Waals surface area contributed by atoms with Gasteiger partial charge < -0.3 is 19.9 Å². The summed E-state index contributed by atoms with van der Waals surface area (Å²) < 4.78 is 5.98. The van der Waals surface area contributed by atoms with Crippen LogP contribution in [0.2, 0.25) is 0 Å². The van der Waals surface area contributed by atoms with Crippen LogP contribution in [-0.2, 0) is 17.9 Å². The molecule has 0 amide bonds. The Hall–Kier alpha value is -2.60. The first kappa shape index (κ1) is 21.6. The monoisotopic (exact) mass is 421 g/mol. The average molecular weight is 422 g/mol. The predicted octanol–water partition coefficient (Wildman–Crippen LogP) is 3.69. The lowest BCUT2D eigenvalue weighted by atomic mass is 10.1. The van der Waals surface area contributed by atoms with Crippen molar-refractivity contribution in [1.29, 1.82) is 0 Å². The second-order valence-corrected chi connectivity index (χ2v) is 8.49. The molecule has 2 aliphatic heterocycles. The average Bonchev–Trinajstić information content (AvgIpc) is 3.50. The number of nitrogens with zero attached hydrogens (tertiary/aromatic N) is 4. The fraction of sp³-hybridized carbons (Fsp3) is 0.520. The lowest BCUT2D eigenvalue weighted by Gasteiger charge is -2.22. The summed E-state index contributed by atoms with van der Waals surface area (Å²) in [5, 5.41) is 3.46. The van der Waals surface area contributed by atoms with Gasteiger partial charge in [0, 0.05) is 44.8 Å². The van der Waals surface area contributed by atoms with Crippen molar-refractivity contribution in [3.8, 4) is 0 Å². The van der Waals surface area contributed by atoms with Crippen molar-refractivity contribution in [3.05, 3.63) is 59.8 Å². The minimum absolute atomic E-state index is 0.550. The van der Waals surface area contributed by atoms with Crippen molar-refractivity contribution in [2.75, 3.05) is 44.2 Å². The number of nitrogens with one attached hydrogen (secondary N) is 1. The van der Waals surface area contributed by atoms with Crippen LogP contribution in [0.3, 0.4) is 0 Å². The van der Waals surface area contributed by atoms with Crippen molar-refractivity contribution in [2.24, 2.45) is 10.9 Å². The smallest absolute Gasteiger partial charge is 0.194 e. The van der Waals surface area contributed by atoms with E-state index in [9.17, 15) is 0 Å². The molecule has 6 nitrogen and oxygen atoms in total. The zero-order valence-electron chi connectivity index (χ0n) is 18.7. The number of ether oxygens (including phenoxy) is 1. The Morgan fingerprint density at radius 1 is 1.10 bits per heavy atom. The zero-order valence-corrected chi connectivity index (χ0v) is 18.7. The number of aromatic nitrogens is 1. The van der Waals surface area contributed by atoms with Crippen LogP contribution < -0.4 is 10.2 Å². The normalized spacial score (nSPS) is 19.3. The van der Waals surface area contributed by atoms with Gasteiger partial charge in [0.15, 0.2) is 5.96 Å². The second kappa shape index (κ2) is 11.1. The second-order valence-electron chi connectivity index (χ2n) is 8.49. The van der Waals surface area contributed by atoms with Crippen LogP contribution in [-0.4, -0.2) is 55.2 Å². The number of pyridine rings is 1. The summed E-state index contributed by atoms with van der Waals surface area (Å²) in [4.78, 5) is 14.3. The van der Waals surface area contributed by atoms with E-state index in [0.29, 0.717) is 19.1 Å². The van der Waals surface area contributed by atoms with Crippen molar-refractivity contribution >= 4 is 11.8 Å². The van der Waals surface area contributed by atoms with E-state index in [4.69, 9.17) is 9.73 Å². The molecule has 166 valence electrons. The van der Waals surface area contributed by atoms with E-state index in [-0.39, 0.29) is 0 Å². The summed E-state index contributed by atoms with van der Waals surface area (Å²) in [6.07, 6.45) is 5.66. The fourth-order valence-electron chi connectivity index (χ4n) is 4.31. The number of hydrogen-bond acceptors (Lipinski definition) is 4. The van der Waals surface area contributed by atoms with Crippen LogP contribution in [0.4, 0.5) is 5.82 Å². The molecule has 6 heteroatoms. The molecular weight excluding hydrogens is 386 g/mol. The molecule has 2 saturated heterocycles. The molecule has 3 heterocycles. The Bertz CT molecular complexity index is 818. The van der Waals surface area contributed by atoms with Crippen molar-refractivity contribution in [1.82, 2.24) is 15.2 Å². The number of anilines is 1. The first-order valence-electron chi connectivity index (χ1n) is 11.7. The Kier molecular flexibility index (Phi) is 7.77. The third-order valence-corrected chi connectivity index (χ3v) is 6.04. The molecule has 2 aromatic rings. The van der Waals surface area contributed by atoms with E-state index in [2.05, 4.69) is 63.4 Å². The fourth-order valence-corrected chi connectivity index (χ4v) is 4.31. The molecular formula is C25H35N5O. The molecule has 0 aliphatic carbocycles. The van der Waals surface area contributed by atoms with Crippen LogP contribution in [0.5, 0.6) is 0 Å². The molecule has 1 N–H and O–H groups in total. The minimum atomic E-state index is 0.550. The number of guanidine groups is 1. The predicted molar refractivity (Wildman–Crippen MR) is 126 cm³/mol. The first-order valence-corrected chi connectivity index (χ1v) is 11.7. The van der Waals surface area contributed by atoms with E-state index < -0.39 is 0 Å². The molecule has 1 unspecified atom stereocenters. The Morgan fingerprint density at radius 3 is 2.68 bits per heavy atom. The van der Waals surface area contributed by atoms with Gasteiger partial charge in [0.1, 0.15) is 5.82 Å². The van der Waals surface area contributed by atoms with E-state index >= 15 is 0 Å². The Balaban J connectivity index is 1.27. The summed E-state index contributed by atoms with van der Waals surface area (Å²) in [5.41, 5.74) is 2.39. The maximum absolute atomic E-state index is 5.98. The number of hydrogen-bond donors (Lipinski definition) is 1. The van der Waals surface area contributed by atoms with Gasteiger partial charge in [-0.2, -0.15) is 0 Å². The van der Waals surface area contributed by atoms with E-state index in [0.717, 1.165) is 63.1 Å². The summed E-state index contributed by atoms with van der Waals surface area (Å²) in [6.45, 7) is 9.40. The van der Waals surface area contributed by atoms with Gasteiger partial charge in [0.25, 0.3) is 0 Å². The maximum Gasteiger partial charge on any atom is 0.194 e. The van der Waals surface area contributed by atoms with Gasteiger partial charge in [-0.3, -0.25) is 0 Å². The lowest BCUT2D eigenvalue weighted by Crippen LogP contribution is -2.40. The number of benzene rings is 1. The highest BCUT2D eigenvalue weighted by atomic mass is 16.5. The summed E-state index contributed by atoms with van der Waals surface area (Å²) in [6, 6.07) is 14.7. The zero-order chi connectivity index (χ0) is 21.3. The molecule has 0 spiro atoms. The highest BCUT2D eigenvalue weighted by Crippen LogP contribution is 2.19. The molecule has 1 atom stereocenters. The molecule has 1 aromatic carbocycles. The van der Waals surface area contributed by atoms with Gasteiger partial charge in [-0.05, 0) is 43.4 Å².